The normalized spacial score (nSPS) is 11.6. The van der Waals surface area contributed by atoms with E-state index in [1.807, 2.05) is 18.2 Å². The van der Waals surface area contributed by atoms with Crippen LogP contribution in [0.15, 0.2) is 60.8 Å². The van der Waals surface area contributed by atoms with E-state index in [-0.39, 0.29) is 0 Å². The van der Waals surface area contributed by atoms with Crippen LogP contribution in [-0.2, 0) is 9.53 Å². The van der Waals surface area contributed by atoms with E-state index in [9.17, 15) is 14.4 Å². The summed E-state index contributed by atoms with van der Waals surface area (Å²) < 4.78 is 5.48. The summed E-state index contributed by atoms with van der Waals surface area (Å²) in [6.45, 7) is 2.10. The molecule has 3 amide bonds. The molecule has 0 radical (unpaired) electrons. The van der Waals surface area contributed by atoms with E-state index in [1.54, 1.807) is 43.3 Å². The van der Waals surface area contributed by atoms with Crippen molar-refractivity contribution in [3.8, 4) is 0 Å². The number of para-hydroxylation sites is 1. The molecule has 27 heavy (non-hydrogen) atoms. The fourth-order valence-electron chi connectivity index (χ4n) is 2.69. The Labute approximate surface area is 155 Å². The first-order valence-electron chi connectivity index (χ1n) is 8.51. The molecule has 2 aromatic carbocycles. The van der Waals surface area contributed by atoms with Crippen molar-refractivity contribution in [1.82, 2.24) is 15.6 Å². The van der Waals surface area contributed by atoms with Gasteiger partial charge in [0.1, 0.15) is 0 Å². The average molecular weight is 365 g/mol. The third-order valence-corrected chi connectivity index (χ3v) is 3.95. The number of imide groups is 1. The van der Waals surface area contributed by atoms with Crippen molar-refractivity contribution in [2.75, 3.05) is 6.54 Å². The Bertz CT molecular complexity index is 966. The van der Waals surface area contributed by atoms with Gasteiger partial charge < -0.3 is 15.0 Å². The van der Waals surface area contributed by atoms with Gasteiger partial charge in [-0.2, -0.15) is 0 Å². The maximum absolute atomic E-state index is 12.7. The fourth-order valence-corrected chi connectivity index (χ4v) is 2.69. The van der Waals surface area contributed by atoms with Crippen molar-refractivity contribution in [3.05, 3.63) is 71.9 Å². The molecule has 0 aliphatic rings. The summed E-state index contributed by atoms with van der Waals surface area (Å²) in [4.78, 5) is 39.9. The van der Waals surface area contributed by atoms with Crippen molar-refractivity contribution in [3.63, 3.8) is 0 Å². The van der Waals surface area contributed by atoms with Crippen LogP contribution in [0.1, 0.15) is 28.9 Å². The summed E-state index contributed by atoms with van der Waals surface area (Å²) in [5, 5.41) is 5.36. The van der Waals surface area contributed by atoms with Crippen LogP contribution in [0.5, 0.6) is 0 Å². The summed E-state index contributed by atoms with van der Waals surface area (Å²) in [5.41, 5.74) is 1.57. The fraction of sp³-hybridized carbons (Fsp3) is 0.150. The minimum absolute atomic E-state index is 0.317. The Kier molecular flexibility index (Phi) is 5.51. The average Bonchev–Trinajstić information content (AvgIpc) is 3.11. The SMILES string of the molecule is CCNC(=O)NC(=O)[C@H](OC(=O)c1c[nH]c2ccccc12)c1ccccc1. The summed E-state index contributed by atoms with van der Waals surface area (Å²) >= 11 is 0. The zero-order chi connectivity index (χ0) is 19.2. The second-order valence-electron chi connectivity index (χ2n) is 5.79. The number of hydrogen-bond donors (Lipinski definition) is 3. The number of esters is 1. The monoisotopic (exact) mass is 365 g/mol. The van der Waals surface area contributed by atoms with Gasteiger partial charge in [-0.25, -0.2) is 9.59 Å². The number of nitrogens with one attached hydrogen (secondary N) is 3. The number of fused-ring (bicyclic) bond motifs is 1. The third kappa shape index (κ3) is 4.14. The molecule has 3 rings (SSSR count). The Morgan fingerprint density at radius 3 is 2.48 bits per heavy atom. The van der Waals surface area contributed by atoms with Crippen molar-refractivity contribution >= 4 is 28.8 Å². The van der Waals surface area contributed by atoms with Crippen molar-refractivity contribution in [1.29, 1.82) is 0 Å². The van der Waals surface area contributed by atoms with Crippen LogP contribution >= 0.6 is 0 Å². The molecule has 7 heteroatoms. The quantitative estimate of drug-likeness (QED) is 0.605. The van der Waals surface area contributed by atoms with Crippen molar-refractivity contribution in [2.24, 2.45) is 0 Å². The standard InChI is InChI=1S/C20H19N3O4/c1-2-21-20(26)23-18(24)17(13-8-4-3-5-9-13)27-19(25)15-12-22-16-11-7-6-10-14(15)16/h3-12,17,22H,2H2,1H3,(H2,21,23,24,26)/t17-/m1/s1. The second-order valence-corrected chi connectivity index (χ2v) is 5.79. The van der Waals surface area contributed by atoms with E-state index in [0.717, 1.165) is 5.52 Å². The Hall–Kier alpha value is -3.61. The van der Waals surface area contributed by atoms with Crippen LogP contribution in [0.2, 0.25) is 0 Å². The lowest BCUT2D eigenvalue weighted by atomic mass is 10.1. The van der Waals surface area contributed by atoms with Gasteiger partial charge in [0.05, 0.1) is 5.56 Å². The van der Waals surface area contributed by atoms with Crippen LogP contribution in [0, 0.1) is 0 Å². The number of rotatable bonds is 5. The molecule has 1 aromatic heterocycles. The number of hydrogen-bond acceptors (Lipinski definition) is 4. The third-order valence-electron chi connectivity index (χ3n) is 3.95. The molecule has 0 aliphatic heterocycles. The first-order valence-corrected chi connectivity index (χ1v) is 8.51. The lowest BCUT2D eigenvalue weighted by Gasteiger charge is -2.17. The number of benzene rings is 2. The first-order chi connectivity index (χ1) is 13.1. The maximum Gasteiger partial charge on any atom is 0.341 e. The smallest absolute Gasteiger partial charge is 0.341 e. The first kappa shape index (κ1) is 18.2. The predicted molar refractivity (Wildman–Crippen MR) is 100 cm³/mol. The van der Waals surface area contributed by atoms with Crippen molar-refractivity contribution < 1.29 is 19.1 Å². The number of carbonyl (C=O) groups excluding carboxylic acids is 3. The summed E-state index contributed by atoms with van der Waals surface area (Å²) in [5.74, 6) is -1.38. The van der Waals surface area contributed by atoms with Gasteiger partial charge in [-0.05, 0) is 13.0 Å². The van der Waals surface area contributed by atoms with E-state index in [4.69, 9.17) is 4.74 Å². The summed E-state index contributed by atoms with van der Waals surface area (Å²) in [6, 6.07) is 15.2. The molecule has 0 aliphatic carbocycles. The zero-order valence-electron chi connectivity index (χ0n) is 14.7. The predicted octanol–water partition coefficient (Wildman–Crippen LogP) is 2.91. The van der Waals surface area contributed by atoms with Crippen LogP contribution in [0.3, 0.4) is 0 Å². The Morgan fingerprint density at radius 2 is 1.74 bits per heavy atom. The number of aromatic amines is 1. The zero-order valence-corrected chi connectivity index (χ0v) is 14.7. The minimum atomic E-state index is -1.25. The van der Waals surface area contributed by atoms with Crippen molar-refractivity contribution in [2.45, 2.75) is 13.0 Å². The van der Waals surface area contributed by atoms with Crippen LogP contribution in [-0.4, -0.2) is 29.4 Å². The van der Waals surface area contributed by atoms with Gasteiger partial charge in [-0.15, -0.1) is 0 Å². The lowest BCUT2D eigenvalue weighted by molar-refractivity contribution is -0.129. The van der Waals surface area contributed by atoms with Crippen LogP contribution in [0.25, 0.3) is 10.9 Å². The minimum Gasteiger partial charge on any atom is -0.444 e. The lowest BCUT2D eigenvalue weighted by Crippen LogP contribution is -2.42. The molecule has 0 saturated heterocycles. The second kappa shape index (κ2) is 8.18. The van der Waals surface area contributed by atoms with Crippen LogP contribution in [0.4, 0.5) is 4.79 Å². The van der Waals surface area contributed by atoms with Gasteiger partial charge >= 0.3 is 12.0 Å². The highest BCUT2D eigenvalue weighted by molar-refractivity contribution is 6.05. The number of H-pyrrole nitrogens is 1. The summed E-state index contributed by atoms with van der Waals surface area (Å²) in [7, 11) is 0. The molecule has 1 atom stereocenters. The van der Waals surface area contributed by atoms with E-state index in [1.165, 1.54) is 6.20 Å². The topological polar surface area (TPSA) is 100 Å². The highest BCUT2D eigenvalue weighted by Gasteiger charge is 2.27. The number of amides is 3. The number of urea groups is 1. The highest BCUT2D eigenvalue weighted by Crippen LogP contribution is 2.23. The van der Waals surface area contributed by atoms with Gasteiger partial charge in [-0.1, -0.05) is 48.5 Å². The number of ether oxygens (including phenoxy) is 1. The molecular weight excluding hydrogens is 346 g/mol. The number of aromatic nitrogens is 1. The molecule has 0 spiro atoms. The van der Waals surface area contributed by atoms with E-state index < -0.39 is 24.0 Å². The molecule has 0 fully saturated rings. The highest BCUT2D eigenvalue weighted by atomic mass is 16.5. The molecule has 1 heterocycles. The molecule has 0 unspecified atom stereocenters. The Morgan fingerprint density at radius 1 is 1.04 bits per heavy atom. The molecule has 7 nitrogen and oxygen atoms in total. The van der Waals surface area contributed by atoms with Gasteiger partial charge in [0, 0.05) is 29.2 Å². The number of carbonyl (C=O) groups is 3. The van der Waals surface area contributed by atoms with Gasteiger partial charge in [0.2, 0.25) is 6.10 Å². The van der Waals surface area contributed by atoms with E-state index >= 15 is 0 Å². The summed E-state index contributed by atoms with van der Waals surface area (Å²) in [6.07, 6.45) is 0.284. The van der Waals surface area contributed by atoms with E-state index in [0.29, 0.717) is 23.1 Å². The molecular formula is C20H19N3O4. The Balaban J connectivity index is 1.86. The molecule has 138 valence electrons. The van der Waals surface area contributed by atoms with Gasteiger partial charge in [0.25, 0.3) is 5.91 Å². The van der Waals surface area contributed by atoms with Gasteiger partial charge in [0.15, 0.2) is 0 Å². The molecule has 0 saturated carbocycles. The van der Waals surface area contributed by atoms with E-state index in [2.05, 4.69) is 15.6 Å². The molecule has 3 N–H and O–H groups in total. The maximum atomic E-state index is 12.7. The molecule has 0 bridgehead atoms. The van der Waals surface area contributed by atoms with Gasteiger partial charge in [-0.3, -0.25) is 10.1 Å². The van der Waals surface area contributed by atoms with Crippen LogP contribution < -0.4 is 10.6 Å². The largest absolute Gasteiger partial charge is 0.444 e. The molecule has 3 aromatic rings.